The van der Waals surface area contributed by atoms with E-state index < -0.39 is 5.60 Å². The molecule has 0 saturated carbocycles. The molecule has 0 aliphatic carbocycles. The summed E-state index contributed by atoms with van der Waals surface area (Å²) in [6.45, 7) is 3.92. The van der Waals surface area contributed by atoms with Gasteiger partial charge in [0.1, 0.15) is 11.4 Å². The smallest absolute Gasteiger partial charge is 0.187 e. The van der Waals surface area contributed by atoms with Crippen LogP contribution in [0.4, 0.5) is 0 Å². The van der Waals surface area contributed by atoms with Gasteiger partial charge in [-0.05, 0) is 30.5 Å². The fraction of sp³-hybridized carbons (Fsp3) is 0.389. The Hall–Kier alpha value is -2.07. The van der Waals surface area contributed by atoms with Crippen molar-refractivity contribution in [2.24, 2.45) is 0 Å². The molecule has 0 radical (unpaired) electrons. The van der Waals surface area contributed by atoms with Gasteiger partial charge in [-0.2, -0.15) is 0 Å². The first-order chi connectivity index (χ1) is 10.6. The molecular formula is C18H23NO3. The lowest BCUT2D eigenvalue weighted by atomic mass is 9.74. The van der Waals surface area contributed by atoms with Crippen molar-refractivity contribution in [2.75, 3.05) is 7.11 Å². The van der Waals surface area contributed by atoms with Crippen molar-refractivity contribution in [3.63, 3.8) is 0 Å². The van der Waals surface area contributed by atoms with Gasteiger partial charge in [-0.3, -0.25) is 4.79 Å². The molecule has 0 fully saturated rings. The third-order valence-electron chi connectivity index (χ3n) is 4.33. The van der Waals surface area contributed by atoms with E-state index in [-0.39, 0.29) is 11.3 Å². The average molecular weight is 301 g/mol. The number of pyridine rings is 1. The Morgan fingerprint density at radius 2 is 1.91 bits per heavy atom. The molecule has 0 amide bonds. The molecule has 4 heteroatoms. The first kappa shape index (κ1) is 16.3. The van der Waals surface area contributed by atoms with Gasteiger partial charge in [-0.25, -0.2) is 0 Å². The van der Waals surface area contributed by atoms with Gasteiger partial charge in [0.25, 0.3) is 0 Å². The minimum Gasteiger partial charge on any atom is -0.497 e. The SMILES string of the molecule is CC[C@H](c1ccc(OC)cc1)[C@](O)(CC)c1c[nH]ccc1=O. The van der Waals surface area contributed by atoms with Crippen molar-refractivity contribution in [1.29, 1.82) is 0 Å². The maximum Gasteiger partial charge on any atom is 0.187 e. The quantitative estimate of drug-likeness (QED) is 0.861. The number of methoxy groups -OCH3 is 1. The second-order valence-electron chi connectivity index (χ2n) is 5.43. The summed E-state index contributed by atoms with van der Waals surface area (Å²) < 4.78 is 5.18. The molecule has 22 heavy (non-hydrogen) atoms. The Morgan fingerprint density at radius 3 is 2.41 bits per heavy atom. The topological polar surface area (TPSA) is 62.3 Å². The van der Waals surface area contributed by atoms with Gasteiger partial charge < -0.3 is 14.8 Å². The van der Waals surface area contributed by atoms with Crippen LogP contribution in [0.25, 0.3) is 0 Å². The summed E-state index contributed by atoms with van der Waals surface area (Å²) in [5.41, 5.74) is 0.0733. The highest BCUT2D eigenvalue weighted by atomic mass is 16.5. The molecule has 1 aromatic heterocycles. The molecule has 0 aliphatic rings. The minimum atomic E-state index is -1.20. The van der Waals surface area contributed by atoms with Crippen molar-refractivity contribution in [3.8, 4) is 5.75 Å². The number of benzene rings is 1. The third-order valence-corrected chi connectivity index (χ3v) is 4.33. The second kappa shape index (κ2) is 6.79. The number of aromatic amines is 1. The highest BCUT2D eigenvalue weighted by Crippen LogP contribution is 2.40. The van der Waals surface area contributed by atoms with E-state index in [0.717, 1.165) is 17.7 Å². The molecule has 2 rings (SSSR count). The molecule has 0 unspecified atom stereocenters. The van der Waals surface area contributed by atoms with Crippen LogP contribution in [0.3, 0.4) is 0 Å². The van der Waals surface area contributed by atoms with Crippen LogP contribution in [-0.4, -0.2) is 17.2 Å². The first-order valence-corrected chi connectivity index (χ1v) is 7.60. The second-order valence-corrected chi connectivity index (χ2v) is 5.43. The summed E-state index contributed by atoms with van der Waals surface area (Å²) in [7, 11) is 1.62. The zero-order valence-electron chi connectivity index (χ0n) is 13.3. The van der Waals surface area contributed by atoms with Gasteiger partial charge in [0.2, 0.25) is 0 Å². The number of aliphatic hydroxyl groups is 1. The van der Waals surface area contributed by atoms with E-state index in [4.69, 9.17) is 4.74 Å². The summed E-state index contributed by atoms with van der Waals surface area (Å²) in [6.07, 6.45) is 4.38. The van der Waals surface area contributed by atoms with Crippen LogP contribution in [0, 0.1) is 0 Å². The molecule has 1 heterocycles. The maximum absolute atomic E-state index is 12.2. The molecule has 0 aliphatic heterocycles. The van der Waals surface area contributed by atoms with Crippen LogP contribution in [0.15, 0.2) is 47.5 Å². The molecule has 118 valence electrons. The molecular weight excluding hydrogens is 278 g/mol. The number of hydrogen-bond donors (Lipinski definition) is 2. The number of aromatic nitrogens is 1. The van der Waals surface area contributed by atoms with Crippen LogP contribution < -0.4 is 10.2 Å². The predicted octanol–water partition coefficient (Wildman–Crippen LogP) is 3.17. The van der Waals surface area contributed by atoms with Gasteiger partial charge in [0, 0.05) is 29.9 Å². The highest BCUT2D eigenvalue weighted by Gasteiger charge is 2.38. The fourth-order valence-corrected chi connectivity index (χ4v) is 3.06. The zero-order chi connectivity index (χ0) is 16.2. The number of nitrogens with one attached hydrogen (secondary N) is 1. The summed E-state index contributed by atoms with van der Waals surface area (Å²) >= 11 is 0. The van der Waals surface area contributed by atoms with Gasteiger partial charge >= 0.3 is 0 Å². The molecule has 0 bridgehead atoms. The molecule has 2 N–H and O–H groups in total. The Balaban J connectivity index is 2.50. The molecule has 4 nitrogen and oxygen atoms in total. The lowest BCUT2D eigenvalue weighted by Crippen LogP contribution is -2.37. The maximum atomic E-state index is 12.2. The van der Waals surface area contributed by atoms with Crippen LogP contribution in [0.2, 0.25) is 0 Å². The van der Waals surface area contributed by atoms with Crippen molar-refractivity contribution < 1.29 is 9.84 Å². The summed E-state index contributed by atoms with van der Waals surface area (Å²) in [4.78, 5) is 15.1. The van der Waals surface area contributed by atoms with Crippen molar-refractivity contribution in [3.05, 3.63) is 64.1 Å². The fourth-order valence-electron chi connectivity index (χ4n) is 3.06. The Morgan fingerprint density at radius 1 is 1.23 bits per heavy atom. The largest absolute Gasteiger partial charge is 0.497 e. The van der Waals surface area contributed by atoms with Crippen molar-refractivity contribution in [2.45, 2.75) is 38.2 Å². The van der Waals surface area contributed by atoms with Gasteiger partial charge in [0.15, 0.2) is 5.43 Å². The number of H-pyrrole nitrogens is 1. The summed E-state index contributed by atoms with van der Waals surface area (Å²) in [5.74, 6) is 0.614. The molecule has 0 spiro atoms. The van der Waals surface area contributed by atoms with Crippen molar-refractivity contribution in [1.82, 2.24) is 4.98 Å². The Bertz CT molecular complexity index is 663. The number of hydrogen-bond acceptors (Lipinski definition) is 3. The molecule has 2 atom stereocenters. The van der Waals surface area contributed by atoms with Crippen LogP contribution >= 0.6 is 0 Å². The number of rotatable bonds is 6. The van der Waals surface area contributed by atoms with E-state index in [0.29, 0.717) is 12.0 Å². The normalized spacial score (nSPS) is 15.1. The lowest BCUT2D eigenvalue weighted by Gasteiger charge is -2.35. The predicted molar refractivity (Wildman–Crippen MR) is 87.3 cm³/mol. The van der Waals surface area contributed by atoms with E-state index in [1.807, 2.05) is 38.1 Å². The molecule has 2 aromatic rings. The Kier molecular flexibility index (Phi) is 5.03. The van der Waals surface area contributed by atoms with E-state index in [1.165, 1.54) is 6.07 Å². The minimum absolute atomic E-state index is 0.143. The summed E-state index contributed by atoms with van der Waals surface area (Å²) in [6, 6.07) is 9.11. The van der Waals surface area contributed by atoms with Gasteiger partial charge in [0.05, 0.1) is 7.11 Å². The first-order valence-electron chi connectivity index (χ1n) is 7.60. The van der Waals surface area contributed by atoms with E-state index in [1.54, 1.807) is 19.5 Å². The van der Waals surface area contributed by atoms with Gasteiger partial charge in [-0.15, -0.1) is 0 Å². The van der Waals surface area contributed by atoms with E-state index in [2.05, 4.69) is 4.98 Å². The standard InChI is InChI=1S/C18H23NO3/c1-4-15(13-6-8-14(22-3)9-7-13)18(21,5-2)16-12-19-11-10-17(16)20/h6-12,15,21H,4-5H2,1-3H3,(H,19,20)/t15-,18-/m1/s1. The zero-order valence-corrected chi connectivity index (χ0v) is 13.3. The Labute approximate surface area is 130 Å². The van der Waals surface area contributed by atoms with Gasteiger partial charge in [-0.1, -0.05) is 26.0 Å². The summed E-state index contributed by atoms with van der Waals surface area (Å²) in [5, 5.41) is 11.3. The van der Waals surface area contributed by atoms with E-state index >= 15 is 0 Å². The molecule has 0 saturated heterocycles. The van der Waals surface area contributed by atoms with Crippen LogP contribution in [-0.2, 0) is 5.60 Å². The third kappa shape index (κ3) is 2.92. The van der Waals surface area contributed by atoms with Crippen LogP contribution in [0.5, 0.6) is 5.75 Å². The lowest BCUT2D eigenvalue weighted by molar-refractivity contribution is 0.000219. The number of ether oxygens (including phenoxy) is 1. The average Bonchev–Trinajstić information content (AvgIpc) is 2.56. The van der Waals surface area contributed by atoms with Crippen molar-refractivity contribution >= 4 is 0 Å². The van der Waals surface area contributed by atoms with Crippen LogP contribution in [0.1, 0.15) is 43.7 Å². The molecule has 1 aromatic carbocycles. The monoisotopic (exact) mass is 301 g/mol. The van der Waals surface area contributed by atoms with E-state index in [9.17, 15) is 9.90 Å². The highest BCUT2D eigenvalue weighted by molar-refractivity contribution is 5.33.